The zero-order valence-corrected chi connectivity index (χ0v) is 19.1. The predicted octanol–water partition coefficient (Wildman–Crippen LogP) is 5.44. The number of rotatable bonds is 6. The Morgan fingerprint density at radius 2 is 1.91 bits per heavy atom. The molecule has 0 spiro atoms. The summed E-state index contributed by atoms with van der Waals surface area (Å²) in [5, 5.41) is 15.0. The van der Waals surface area contributed by atoms with Gasteiger partial charge in [0, 0.05) is 25.0 Å². The minimum absolute atomic E-state index is 0.317. The zero-order chi connectivity index (χ0) is 24.5. The number of hydrogen-bond donors (Lipinski definition) is 1. The Morgan fingerprint density at radius 1 is 1.15 bits per heavy atom. The van der Waals surface area contributed by atoms with Crippen molar-refractivity contribution in [2.45, 2.75) is 25.6 Å². The molecule has 9 heteroatoms. The van der Waals surface area contributed by atoms with Crippen LogP contribution in [0.1, 0.15) is 24.1 Å². The Morgan fingerprint density at radius 3 is 2.56 bits per heavy atom. The number of aromatic nitrogens is 2. The highest BCUT2D eigenvalue weighted by molar-refractivity contribution is 5.93. The van der Waals surface area contributed by atoms with Gasteiger partial charge in [0.25, 0.3) is 0 Å². The summed E-state index contributed by atoms with van der Waals surface area (Å²) >= 11 is 0. The number of carboxylic acid groups (broad SMARTS) is 1. The molecular formula is C25H27F3N4O2. The number of carbonyl (C=O) groups is 1. The molecule has 0 fully saturated rings. The first-order valence-electron chi connectivity index (χ1n) is 11.1. The first-order valence-corrected chi connectivity index (χ1v) is 11.1. The summed E-state index contributed by atoms with van der Waals surface area (Å²) in [6.07, 6.45) is -1.96. The van der Waals surface area contributed by atoms with Crippen molar-refractivity contribution in [1.29, 1.82) is 0 Å². The van der Waals surface area contributed by atoms with Crippen molar-refractivity contribution in [3.8, 4) is 11.1 Å². The third kappa shape index (κ3) is 5.09. The van der Waals surface area contributed by atoms with E-state index < -0.39 is 17.8 Å². The molecule has 2 heterocycles. The number of amides is 1. The van der Waals surface area contributed by atoms with Crippen molar-refractivity contribution in [2.24, 2.45) is 0 Å². The van der Waals surface area contributed by atoms with Gasteiger partial charge in [0.05, 0.1) is 16.8 Å². The first-order chi connectivity index (χ1) is 16.1. The molecule has 3 aromatic rings. The second-order valence-electron chi connectivity index (χ2n) is 8.75. The lowest BCUT2D eigenvalue weighted by atomic mass is 9.98. The molecule has 0 saturated heterocycles. The summed E-state index contributed by atoms with van der Waals surface area (Å²) in [5.74, 6) is 0. The average molecular weight is 473 g/mol. The van der Waals surface area contributed by atoms with Gasteiger partial charge in [-0.3, -0.25) is 4.68 Å². The maximum Gasteiger partial charge on any atom is 0.416 e. The van der Waals surface area contributed by atoms with Crippen molar-refractivity contribution in [1.82, 2.24) is 19.6 Å². The second-order valence-corrected chi connectivity index (χ2v) is 8.75. The number of nitrogens with zero attached hydrogens (tertiary/aromatic N) is 4. The van der Waals surface area contributed by atoms with Crippen LogP contribution in [0.4, 0.5) is 18.0 Å². The molecule has 4 rings (SSSR count). The first kappa shape index (κ1) is 23.8. The molecular weight excluding hydrogens is 445 g/mol. The minimum Gasteiger partial charge on any atom is -0.465 e. The molecule has 0 aliphatic carbocycles. The normalized spacial score (nSPS) is 14.6. The topological polar surface area (TPSA) is 61.6 Å². The molecule has 180 valence electrons. The van der Waals surface area contributed by atoms with Gasteiger partial charge in [-0.25, -0.2) is 4.79 Å². The number of hydrogen-bond acceptors (Lipinski definition) is 3. The number of halogens is 3. The van der Waals surface area contributed by atoms with Gasteiger partial charge in [0.1, 0.15) is 0 Å². The molecule has 0 saturated carbocycles. The van der Waals surface area contributed by atoms with Crippen LogP contribution in [0.15, 0.2) is 48.5 Å². The quantitative estimate of drug-likeness (QED) is 0.519. The van der Waals surface area contributed by atoms with Crippen LogP contribution in [-0.2, 0) is 12.7 Å². The minimum atomic E-state index is -4.40. The maximum absolute atomic E-state index is 13.2. The van der Waals surface area contributed by atoms with Gasteiger partial charge < -0.3 is 14.9 Å². The van der Waals surface area contributed by atoms with Crippen LogP contribution < -0.4 is 0 Å². The van der Waals surface area contributed by atoms with Crippen molar-refractivity contribution in [3.05, 3.63) is 59.8 Å². The largest absolute Gasteiger partial charge is 0.465 e. The Balaban J connectivity index is 1.74. The third-order valence-corrected chi connectivity index (χ3v) is 6.02. The van der Waals surface area contributed by atoms with Crippen LogP contribution in [0.3, 0.4) is 0 Å². The average Bonchev–Trinajstić information content (AvgIpc) is 3.15. The van der Waals surface area contributed by atoms with E-state index in [1.807, 2.05) is 43.1 Å². The van der Waals surface area contributed by atoms with Gasteiger partial charge >= 0.3 is 12.3 Å². The number of benzene rings is 2. The fraction of sp³-hybridized carbons (Fsp3) is 0.360. The molecule has 2 aromatic carbocycles. The lowest BCUT2D eigenvalue weighted by Gasteiger charge is -2.24. The summed E-state index contributed by atoms with van der Waals surface area (Å²) < 4.78 is 41.5. The van der Waals surface area contributed by atoms with Crippen molar-refractivity contribution >= 4 is 22.6 Å². The summed E-state index contributed by atoms with van der Waals surface area (Å²) in [4.78, 5) is 14.8. The van der Waals surface area contributed by atoms with Crippen molar-refractivity contribution in [2.75, 3.05) is 33.7 Å². The molecule has 1 aliphatic rings. The molecule has 34 heavy (non-hydrogen) atoms. The Bertz CT molecular complexity index is 1230. The summed E-state index contributed by atoms with van der Waals surface area (Å²) in [5.41, 5.74) is 3.16. The van der Waals surface area contributed by atoms with E-state index in [-0.39, 0.29) is 0 Å². The van der Waals surface area contributed by atoms with E-state index in [1.165, 1.54) is 11.0 Å². The number of aryl methyl sites for hydroxylation is 1. The van der Waals surface area contributed by atoms with E-state index in [0.29, 0.717) is 42.7 Å². The monoisotopic (exact) mass is 472 g/mol. The van der Waals surface area contributed by atoms with E-state index in [4.69, 9.17) is 5.10 Å². The van der Waals surface area contributed by atoms with Crippen molar-refractivity contribution in [3.63, 3.8) is 0 Å². The van der Waals surface area contributed by atoms with Crippen LogP contribution in [0.2, 0.25) is 0 Å². The van der Waals surface area contributed by atoms with Gasteiger partial charge in [-0.2, -0.15) is 18.3 Å². The van der Waals surface area contributed by atoms with E-state index >= 15 is 0 Å². The zero-order valence-electron chi connectivity index (χ0n) is 19.1. The van der Waals surface area contributed by atoms with Gasteiger partial charge in [0.2, 0.25) is 0 Å². The van der Waals surface area contributed by atoms with E-state index in [9.17, 15) is 23.1 Å². The van der Waals surface area contributed by atoms with Crippen LogP contribution in [0.5, 0.6) is 0 Å². The highest BCUT2D eigenvalue weighted by Gasteiger charge is 2.30. The van der Waals surface area contributed by atoms with Crippen LogP contribution in [0, 0.1) is 0 Å². The molecule has 1 N–H and O–H groups in total. The van der Waals surface area contributed by atoms with Gasteiger partial charge in [0.15, 0.2) is 0 Å². The smallest absolute Gasteiger partial charge is 0.416 e. The molecule has 1 amide bonds. The molecule has 0 atom stereocenters. The lowest BCUT2D eigenvalue weighted by Crippen LogP contribution is -2.33. The molecule has 0 bridgehead atoms. The molecule has 6 nitrogen and oxygen atoms in total. The number of alkyl halides is 3. The van der Waals surface area contributed by atoms with E-state index in [1.54, 1.807) is 6.07 Å². The fourth-order valence-electron chi connectivity index (χ4n) is 4.28. The predicted molar refractivity (Wildman–Crippen MR) is 126 cm³/mol. The van der Waals surface area contributed by atoms with E-state index in [2.05, 4.69) is 4.90 Å². The van der Waals surface area contributed by atoms with Crippen LogP contribution >= 0.6 is 0 Å². The Kier molecular flexibility index (Phi) is 6.65. The van der Waals surface area contributed by atoms with Gasteiger partial charge in [-0.05, 0) is 74.4 Å². The SMILES string of the molecule is CN(C)CCCn1nc2cc(-c3cccc(C(F)(F)F)c3)ccc2c1C1=CCN(C(=O)O)CC1. The van der Waals surface area contributed by atoms with Gasteiger partial charge in [-0.1, -0.05) is 24.3 Å². The Labute approximate surface area is 195 Å². The molecule has 1 aromatic heterocycles. The maximum atomic E-state index is 13.2. The standard InChI is InChI=1S/C25H27F3N4O2/c1-30(2)11-4-12-32-23(17-9-13-31(14-10-17)24(33)34)21-8-7-19(16-22(21)29-32)18-5-3-6-20(15-18)25(26,27)28/h3,5-9,15-16H,4,10-14H2,1-2H3,(H,33,34). The third-order valence-electron chi connectivity index (χ3n) is 6.02. The number of fused-ring (bicyclic) bond motifs is 1. The van der Waals surface area contributed by atoms with Crippen molar-refractivity contribution < 1.29 is 23.1 Å². The molecule has 0 radical (unpaired) electrons. The Hall–Kier alpha value is -3.33. The molecule has 1 aliphatic heterocycles. The fourth-order valence-corrected chi connectivity index (χ4v) is 4.28. The summed E-state index contributed by atoms with van der Waals surface area (Å²) in [7, 11) is 4.01. The van der Waals surface area contributed by atoms with Gasteiger partial charge in [-0.15, -0.1) is 0 Å². The highest BCUT2D eigenvalue weighted by atomic mass is 19.4. The highest BCUT2D eigenvalue weighted by Crippen LogP contribution is 2.35. The molecule has 0 unspecified atom stereocenters. The summed E-state index contributed by atoms with van der Waals surface area (Å²) in [6, 6.07) is 10.8. The van der Waals surface area contributed by atoms with Crippen LogP contribution in [0.25, 0.3) is 27.6 Å². The van der Waals surface area contributed by atoms with Crippen LogP contribution in [-0.4, -0.2) is 64.5 Å². The lowest BCUT2D eigenvalue weighted by molar-refractivity contribution is -0.137. The summed E-state index contributed by atoms with van der Waals surface area (Å²) in [6.45, 7) is 2.29. The van der Waals surface area contributed by atoms with E-state index in [0.717, 1.165) is 41.8 Å². The second kappa shape index (κ2) is 9.50.